The second-order valence-corrected chi connectivity index (χ2v) is 6.53. The summed E-state index contributed by atoms with van der Waals surface area (Å²) >= 11 is 6.67. The first-order chi connectivity index (χ1) is 8.86. The zero-order valence-electron chi connectivity index (χ0n) is 10.3. The van der Waals surface area contributed by atoms with Crippen LogP contribution in [0.15, 0.2) is 27.1 Å². The van der Waals surface area contributed by atoms with Gasteiger partial charge in [0.15, 0.2) is 0 Å². The van der Waals surface area contributed by atoms with Crippen LogP contribution in [0.5, 0.6) is 0 Å². The van der Waals surface area contributed by atoms with E-state index in [1.807, 2.05) is 0 Å². The summed E-state index contributed by atoms with van der Waals surface area (Å²) in [6.07, 6.45) is 1.20. The number of hydrogen-bond acceptors (Lipinski definition) is 2. The highest BCUT2D eigenvalue weighted by Gasteiger charge is 2.46. The molecule has 1 aliphatic rings. The summed E-state index contributed by atoms with van der Waals surface area (Å²) in [5.41, 5.74) is -0.624. The summed E-state index contributed by atoms with van der Waals surface area (Å²) < 4.78 is 1.52. The third-order valence-corrected chi connectivity index (χ3v) is 4.66. The van der Waals surface area contributed by atoms with E-state index in [0.29, 0.717) is 29.4 Å². The topological polar surface area (TPSA) is 57.6 Å². The van der Waals surface area contributed by atoms with Crippen molar-refractivity contribution < 1.29 is 14.7 Å². The number of carbonyl (C=O) groups is 2. The third-order valence-electron chi connectivity index (χ3n) is 3.51. The molecule has 1 atom stereocenters. The van der Waals surface area contributed by atoms with Crippen LogP contribution in [0.1, 0.15) is 30.1 Å². The molecule has 0 radical (unpaired) electrons. The summed E-state index contributed by atoms with van der Waals surface area (Å²) in [4.78, 5) is 25.4. The van der Waals surface area contributed by atoms with E-state index in [-0.39, 0.29) is 5.91 Å². The highest BCUT2D eigenvalue weighted by Crippen LogP contribution is 2.32. The normalized spacial score (nSPS) is 22.6. The lowest BCUT2D eigenvalue weighted by atomic mass is 9.98. The van der Waals surface area contributed by atoms with Crippen molar-refractivity contribution in [2.45, 2.75) is 25.3 Å². The summed E-state index contributed by atoms with van der Waals surface area (Å²) in [7, 11) is 0. The Labute approximate surface area is 128 Å². The predicted molar refractivity (Wildman–Crippen MR) is 78.2 cm³/mol. The molecule has 1 aliphatic heterocycles. The number of amides is 1. The van der Waals surface area contributed by atoms with Gasteiger partial charge in [-0.05, 0) is 53.9 Å². The van der Waals surface area contributed by atoms with Crippen LogP contribution in [0, 0.1) is 0 Å². The maximum absolute atomic E-state index is 12.5. The molecule has 4 nitrogen and oxygen atoms in total. The van der Waals surface area contributed by atoms with Crippen molar-refractivity contribution in [1.82, 2.24) is 4.90 Å². The molecule has 6 heteroatoms. The molecule has 0 spiro atoms. The first kappa shape index (κ1) is 14.5. The van der Waals surface area contributed by atoms with Crippen molar-refractivity contribution in [3.63, 3.8) is 0 Å². The Morgan fingerprint density at radius 3 is 2.63 bits per heavy atom. The minimum Gasteiger partial charge on any atom is -0.480 e. The van der Waals surface area contributed by atoms with Crippen molar-refractivity contribution in [3.05, 3.63) is 32.7 Å². The Morgan fingerprint density at radius 2 is 2.05 bits per heavy atom. The van der Waals surface area contributed by atoms with Gasteiger partial charge in [0.25, 0.3) is 5.91 Å². The lowest BCUT2D eigenvalue weighted by Gasteiger charge is -2.31. The van der Waals surface area contributed by atoms with E-state index in [4.69, 9.17) is 0 Å². The Hall–Kier alpha value is -0.880. The summed E-state index contributed by atoms with van der Waals surface area (Å²) in [6.45, 7) is 2.08. The van der Waals surface area contributed by atoms with Crippen LogP contribution in [0.3, 0.4) is 0 Å². The van der Waals surface area contributed by atoms with E-state index in [1.165, 1.54) is 4.90 Å². The van der Waals surface area contributed by atoms with Gasteiger partial charge in [0, 0.05) is 15.5 Å². The molecule has 1 fully saturated rings. The van der Waals surface area contributed by atoms with Crippen LogP contribution < -0.4 is 0 Å². The number of aliphatic carboxylic acids is 1. The SMILES string of the molecule is CC1(C(=O)O)CCCN1C(=O)c1ccc(Br)cc1Br. The number of nitrogens with zero attached hydrogens (tertiary/aromatic N) is 1. The van der Waals surface area contributed by atoms with E-state index in [0.717, 1.165) is 4.47 Å². The fraction of sp³-hybridized carbons (Fsp3) is 0.385. The van der Waals surface area contributed by atoms with Crippen molar-refractivity contribution in [2.75, 3.05) is 6.54 Å². The monoisotopic (exact) mass is 389 g/mol. The second-order valence-electron chi connectivity index (χ2n) is 4.76. The molecule has 1 saturated heterocycles. The molecule has 0 aliphatic carbocycles. The molecular weight excluding hydrogens is 378 g/mol. The highest BCUT2D eigenvalue weighted by molar-refractivity contribution is 9.11. The second kappa shape index (κ2) is 5.25. The van der Waals surface area contributed by atoms with Crippen molar-refractivity contribution in [3.8, 4) is 0 Å². The van der Waals surface area contributed by atoms with Crippen LogP contribution in [0.4, 0.5) is 0 Å². The van der Waals surface area contributed by atoms with E-state index >= 15 is 0 Å². The van der Waals surface area contributed by atoms with Crippen LogP contribution in [-0.2, 0) is 4.79 Å². The third kappa shape index (κ3) is 2.56. The largest absolute Gasteiger partial charge is 0.480 e. The summed E-state index contributed by atoms with van der Waals surface area (Å²) in [5, 5.41) is 9.34. The molecule has 0 bridgehead atoms. The van der Waals surface area contributed by atoms with Gasteiger partial charge in [-0.3, -0.25) is 4.79 Å². The number of benzene rings is 1. The molecule has 1 N–H and O–H groups in total. The Kier molecular flexibility index (Phi) is 4.01. The van der Waals surface area contributed by atoms with Crippen molar-refractivity contribution in [2.24, 2.45) is 0 Å². The number of hydrogen-bond donors (Lipinski definition) is 1. The first-order valence-corrected chi connectivity index (χ1v) is 7.45. The average Bonchev–Trinajstić information content (AvgIpc) is 2.72. The molecule has 2 rings (SSSR count). The van der Waals surface area contributed by atoms with Gasteiger partial charge in [0.1, 0.15) is 5.54 Å². The Morgan fingerprint density at radius 1 is 1.37 bits per heavy atom. The number of carboxylic acids is 1. The zero-order chi connectivity index (χ0) is 14.2. The highest BCUT2D eigenvalue weighted by atomic mass is 79.9. The average molecular weight is 391 g/mol. The maximum atomic E-state index is 12.5. The van der Waals surface area contributed by atoms with E-state index in [1.54, 1.807) is 25.1 Å². The molecule has 0 aromatic heterocycles. The minimum absolute atomic E-state index is 0.248. The first-order valence-electron chi connectivity index (χ1n) is 5.86. The number of halogens is 2. The standard InChI is InChI=1S/C13H13Br2NO3/c1-13(12(18)19)5-2-6-16(13)11(17)9-4-3-8(14)7-10(9)15/h3-4,7H,2,5-6H2,1H3,(H,18,19). The van der Waals surface area contributed by atoms with E-state index in [9.17, 15) is 14.7 Å². The fourth-order valence-corrected chi connectivity index (χ4v) is 3.54. The zero-order valence-corrected chi connectivity index (χ0v) is 13.5. The fourth-order valence-electron chi connectivity index (χ4n) is 2.32. The number of rotatable bonds is 2. The summed E-state index contributed by atoms with van der Waals surface area (Å²) in [5.74, 6) is -1.20. The van der Waals surface area contributed by atoms with E-state index < -0.39 is 11.5 Å². The van der Waals surface area contributed by atoms with Gasteiger partial charge in [-0.1, -0.05) is 15.9 Å². The van der Waals surface area contributed by atoms with E-state index in [2.05, 4.69) is 31.9 Å². The number of likely N-dealkylation sites (tertiary alicyclic amines) is 1. The molecule has 1 unspecified atom stereocenters. The van der Waals surface area contributed by atoms with Gasteiger partial charge in [-0.25, -0.2) is 4.79 Å². The minimum atomic E-state index is -1.11. The molecule has 0 saturated carbocycles. The Bertz CT molecular complexity index is 547. The molecule has 1 heterocycles. The van der Waals surface area contributed by atoms with Gasteiger partial charge in [-0.2, -0.15) is 0 Å². The molecule has 1 aromatic carbocycles. The number of carbonyl (C=O) groups excluding carboxylic acids is 1. The molecule has 1 aromatic rings. The van der Waals surface area contributed by atoms with Crippen molar-refractivity contribution in [1.29, 1.82) is 0 Å². The lowest BCUT2D eigenvalue weighted by Crippen LogP contribution is -2.50. The van der Waals surface area contributed by atoms with Crippen LogP contribution in [0.25, 0.3) is 0 Å². The quantitative estimate of drug-likeness (QED) is 0.842. The lowest BCUT2D eigenvalue weighted by molar-refractivity contribution is -0.147. The maximum Gasteiger partial charge on any atom is 0.329 e. The molecule has 19 heavy (non-hydrogen) atoms. The summed E-state index contributed by atoms with van der Waals surface area (Å²) in [6, 6.07) is 5.24. The van der Waals surface area contributed by atoms with Gasteiger partial charge in [0.2, 0.25) is 0 Å². The van der Waals surface area contributed by atoms with Crippen LogP contribution in [-0.4, -0.2) is 34.0 Å². The number of carboxylic acid groups (broad SMARTS) is 1. The van der Waals surface area contributed by atoms with Crippen molar-refractivity contribution >= 4 is 43.7 Å². The van der Waals surface area contributed by atoms with Gasteiger partial charge < -0.3 is 10.0 Å². The van der Waals surface area contributed by atoms with Gasteiger partial charge >= 0.3 is 5.97 Å². The molecule has 1 amide bonds. The van der Waals surface area contributed by atoms with Crippen LogP contribution >= 0.6 is 31.9 Å². The molecule has 102 valence electrons. The Balaban J connectivity index is 2.36. The molecular formula is C13H13Br2NO3. The predicted octanol–water partition coefficient (Wildman–Crippen LogP) is 3.29. The van der Waals surface area contributed by atoms with Gasteiger partial charge in [-0.15, -0.1) is 0 Å². The smallest absolute Gasteiger partial charge is 0.329 e. The van der Waals surface area contributed by atoms with Gasteiger partial charge in [0.05, 0.1) is 5.56 Å². The van der Waals surface area contributed by atoms with Crippen LogP contribution in [0.2, 0.25) is 0 Å².